The summed E-state index contributed by atoms with van der Waals surface area (Å²) in [6, 6.07) is -1.03. The van der Waals surface area contributed by atoms with E-state index >= 15 is 0 Å². The predicted molar refractivity (Wildman–Crippen MR) is 315 cm³/mol. The second kappa shape index (κ2) is 53.3. The van der Waals surface area contributed by atoms with Crippen molar-refractivity contribution < 1.29 is 49.3 Å². The van der Waals surface area contributed by atoms with Crippen LogP contribution in [0.15, 0.2) is 48.6 Å². The van der Waals surface area contributed by atoms with Crippen LogP contribution in [-0.4, -0.2) is 99.6 Å². The van der Waals surface area contributed by atoms with Crippen LogP contribution in [0.3, 0.4) is 0 Å². The van der Waals surface area contributed by atoms with Gasteiger partial charge in [-0.25, -0.2) is 0 Å². The molecule has 6 N–H and O–H groups in total. The van der Waals surface area contributed by atoms with Gasteiger partial charge in [0.05, 0.1) is 25.4 Å². The van der Waals surface area contributed by atoms with Crippen LogP contribution in [0.25, 0.3) is 0 Å². The van der Waals surface area contributed by atoms with Crippen molar-refractivity contribution >= 4 is 11.9 Å². The number of aliphatic hydroxyl groups excluding tert-OH is 5. The van der Waals surface area contributed by atoms with Gasteiger partial charge in [-0.05, 0) is 83.5 Å². The van der Waals surface area contributed by atoms with Crippen LogP contribution in [-0.2, 0) is 23.8 Å². The Bertz CT molecular complexity index is 1420. The number of rotatable bonds is 54. The molecule has 444 valence electrons. The smallest absolute Gasteiger partial charge is 0.306 e. The summed E-state index contributed by atoms with van der Waals surface area (Å²) in [6.07, 6.45) is 54.3. The van der Waals surface area contributed by atoms with E-state index in [4.69, 9.17) is 14.2 Å². The van der Waals surface area contributed by atoms with Crippen LogP contribution in [0.5, 0.6) is 0 Å². The first-order chi connectivity index (χ1) is 37.2. The van der Waals surface area contributed by atoms with Gasteiger partial charge < -0.3 is 45.1 Å². The van der Waals surface area contributed by atoms with Crippen molar-refractivity contribution in [2.75, 3.05) is 13.2 Å². The van der Waals surface area contributed by atoms with Gasteiger partial charge in [0.15, 0.2) is 12.4 Å². The summed E-state index contributed by atoms with van der Waals surface area (Å²) in [5.74, 6) is -1.21. The number of carbonyl (C=O) groups excluding carboxylic acids is 2. The topological polar surface area (TPSA) is 175 Å². The summed E-state index contributed by atoms with van der Waals surface area (Å²) in [4.78, 5) is 26.5. The van der Waals surface area contributed by atoms with Gasteiger partial charge in [-0.3, -0.25) is 9.59 Å². The molecule has 0 saturated carbocycles. The fraction of sp³-hybridized carbons (Fsp3) is 0.846. The molecule has 76 heavy (non-hydrogen) atoms. The van der Waals surface area contributed by atoms with E-state index in [9.17, 15) is 35.1 Å². The molecule has 8 unspecified atom stereocenters. The normalized spacial score (nSPS) is 19.4. The monoisotopic (exact) mass is 1070 g/mol. The van der Waals surface area contributed by atoms with Crippen LogP contribution < -0.4 is 5.32 Å². The van der Waals surface area contributed by atoms with E-state index in [2.05, 4.69) is 62.5 Å². The molecule has 0 radical (unpaired) electrons. The number of ether oxygens (including phenoxy) is 3. The summed E-state index contributed by atoms with van der Waals surface area (Å²) in [7, 11) is 0. The highest BCUT2D eigenvalue weighted by Crippen LogP contribution is 2.26. The van der Waals surface area contributed by atoms with Crippen LogP contribution in [0, 0.1) is 0 Å². The Kier molecular flexibility index (Phi) is 50.2. The number of esters is 1. The molecule has 1 aliphatic rings. The van der Waals surface area contributed by atoms with Crippen molar-refractivity contribution in [2.45, 2.75) is 339 Å². The first-order valence-corrected chi connectivity index (χ1v) is 31.9. The van der Waals surface area contributed by atoms with Gasteiger partial charge in [-0.2, -0.15) is 0 Å². The predicted octanol–water partition coefficient (Wildman–Crippen LogP) is 15.2. The molecule has 1 aliphatic heterocycles. The second-order valence-electron chi connectivity index (χ2n) is 22.1. The number of amides is 1. The molecule has 11 heteroatoms. The minimum absolute atomic E-state index is 0.104. The van der Waals surface area contributed by atoms with E-state index in [0.29, 0.717) is 12.8 Å². The maximum atomic E-state index is 13.4. The lowest BCUT2D eigenvalue weighted by molar-refractivity contribution is -0.305. The molecule has 0 spiro atoms. The number of aliphatic hydroxyl groups is 5. The zero-order valence-corrected chi connectivity index (χ0v) is 49.1. The SMILES string of the molecule is CCCCC/C=C\C/C=C\CCCCCCCCCCCCC(O)C(=O)NC(COC1OC(CO)C(O)C(O)C1OC(=O)CCCCC/C=C\CCCCCCCCC)C(O)/C=C/CCCCCCCCCCCCC. The molecule has 0 aromatic rings. The minimum Gasteiger partial charge on any atom is -0.454 e. The average molecular weight is 1070 g/mol. The number of nitrogens with one attached hydrogen (secondary N) is 1. The van der Waals surface area contributed by atoms with Gasteiger partial charge >= 0.3 is 5.97 Å². The Morgan fingerprint density at radius 2 is 0.908 bits per heavy atom. The molecule has 0 bridgehead atoms. The van der Waals surface area contributed by atoms with Crippen LogP contribution >= 0.6 is 0 Å². The van der Waals surface area contributed by atoms with Crippen LogP contribution in [0.1, 0.15) is 290 Å². The number of unbranched alkanes of at least 4 members (excludes halogenated alkanes) is 34. The largest absolute Gasteiger partial charge is 0.454 e. The Morgan fingerprint density at radius 3 is 1.38 bits per heavy atom. The highest BCUT2D eigenvalue weighted by molar-refractivity contribution is 5.80. The molecular formula is C65H119NO10. The quantitative estimate of drug-likeness (QED) is 0.0195. The van der Waals surface area contributed by atoms with Crippen molar-refractivity contribution in [3.05, 3.63) is 48.6 Å². The van der Waals surface area contributed by atoms with Crippen molar-refractivity contribution in [1.29, 1.82) is 0 Å². The van der Waals surface area contributed by atoms with E-state index in [-0.39, 0.29) is 19.4 Å². The van der Waals surface area contributed by atoms with Gasteiger partial charge in [0.25, 0.3) is 0 Å². The van der Waals surface area contributed by atoms with E-state index in [1.165, 1.54) is 167 Å². The Hall–Kier alpha value is -2.38. The van der Waals surface area contributed by atoms with Crippen molar-refractivity contribution in [1.82, 2.24) is 5.32 Å². The van der Waals surface area contributed by atoms with Crippen molar-refractivity contribution in [3.63, 3.8) is 0 Å². The fourth-order valence-electron chi connectivity index (χ4n) is 9.85. The molecule has 0 aromatic carbocycles. The summed E-state index contributed by atoms with van der Waals surface area (Å²) in [5.41, 5.74) is 0. The standard InChI is InChI=1S/C65H119NO10/c1-4-7-10-13-16-19-22-25-27-28-29-30-31-32-34-37-40-43-46-49-52-58(69)64(73)66-56(57(68)51-48-45-42-39-36-33-24-21-18-15-12-9-6-3)55-74-65-63(62(72)61(71)59(54-67)75-65)76-60(70)53-50-47-44-41-38-35-26-23-20-17-14-11-8-5-2/h16,19,25,27,35,38,48,51,56-59,61-63,65,67-69,71-72H,4-15,17-18,20-24,26,28-34,36-37,39-47,49-50,52-55H2,1-3H3,(H,66,73)/b19-16-,27-25-,38-35-,51-48+. The van der Waals surface area contributed by atoms with Crippen molar-refractivity contribution in [3.8, 4) is 0 Å². The minimum atomic E-state index is -1.62. The molecular weight excluding hydrogens is 955 g/mol. The van der Waals surface area contributed by atoms with E-state index < -0.39 is 67.4 Å². The molecule has 1 amide bonds. The van der Waals surface area contributed by atoms with E-state index in [1.54, 1.807) is 6.08 Å². The zero-order chi connectivity index (χ0) is 55.4. The fourth-order valence-corrected chi connectivity index (χ4v) is 9.85. The molecule has 1 heterocycles. The highest BCUT2D eigenvalue weighted by Gasteiger charge is 2.47. The first-order valence-electron chi connectivity index (χ1n) is 31.9. The third-order valence-corrected chi connectivity index (χ3v) is 15.0. The Balaban J connectivity index is 2.68. The molecule has 1 saturated heterocycles. The maximum absolute atomic E-state index is 13.4. The molecule has 1 fully saturated rings. The second-order valence-corrected chi connectivity index (χ2v) is 22.1. The lowest BCUT2D eigenvalue weighted by atomic mass is 9.99. The van der Waals surface area contributed by atoms with Crippen molar-refractivity contribution in [2.24, 2.45) is 0 Å². The molecule has 0 aliphatic carbocycles. The summed E-state index contributed by atoms with van der Waals surface area (Å²) >= 11 is 0. The van der Waals surface area contributed by atoms with Gasteiger partial charge in [-0.1, -0.05) is 249 Å². The Morgan fingerprint density at radius 1 is 0.513 bits per heavy atom. The molecule has 1 rings (SSSR count). The summed E-state index contributed by atoms with van der Waals surface area (Å²) in [5, 5.41) is 57.0. The third-order valence-electron chi connectivity index (χ3n) is 15.0. The number of hydrogen-bond acceptors (Lipinski definition) is 10. The third kappa shape index (κ3) is 40.8. The molecule has 0 aromatic heterocycles. The summed E-state index contributed by atoms with van der Waals surface area (Å²) < 4.78 is 17.6. The highest BCUT2D eigenvalue weighted by atomic mass is 16.7. The van der Waals surface area contributed by atoms with Gasteiger partial charge in [0, 0.05) is 6.42 Å². The first kappa shape index (κ1) is 71.6. The summed E-state index contributed by atoms with van der Waals surface area (Å²) in [6.45, 7) is 5.77. The number of allylic oxidation sites excluding steroid dienone is 7. The van der Waals surface area contributed by atoms with Crippen LogP contribution in [0.4, 0.5) is 0 Å². The van der Waals surface area contributed by atoms with E-state index in [1.807, 2.05) is 6.08 Å². The maximum Gasteiger partial charge on any atom is 0.306 e. The van der Waals surface area contributed by atoms with E-state index in [0.717, 1.165) is 77.0 Å². The van der Waals surface area contributed by atoms with Gasteiger partial charge in [0.2, 0.25) is 5.91 Å². The lowest BCUT2D eigenvalue weighted by Gasteiger charge is -2.41. The Labute approximate surface area is 466 Å². The van der Waals surface area contributed by atoms with Crippen LogP contribution in [0.2, 0.25) is 0 Å². The van der Waals surface area contributed by atoms with Gasteiger partial charge in [-0.15, -0.1) is 0 Å². The zero-order valence-electron chi connectivity index (χ0n) is 49.1. The lowest BCUT2D eigenvalue weighted by Crippen LogP contribution is -2.61. The average Bonchev–Trinajstić information content (AvgIpc) is 3.42. The number of hydrogen-bond donors (Lipinski definition) is 6. The molecule has 11 nitrogen and oxygen atoms in total. The molecule has 8 atom stereocenters. The van der Waals surface area contributed by atoms with Gasteiger partial charge in [0.1, 0.15) is 24.4 Å². The number of carbonyl (C=O) groups is 2.